The van der Waals surface area contributed by atoms with Crippen LogP contribution in [0.15, 0.2) is 29.4 Å². The van der Waals surface area contributed by atoms with Crippen LogP contribution in [0.4, 0.5) is 0 Å². The van der Waals surface area contributed by atoms with Crippen molar-refractivity contribution in [2.45, 2.75) is 34.6 Å². The fourth-order valence-electron chi connectivity index (χ4n) is 2.22. The summed E-state index contributed by atoms with van der Waals surface area (Å²) in [6.45, 7) is 9.99. The van der Waals surface area contributed by atoms with Crippen LogP contribution in [0.25, 0.3) is 0 Å². The molecule has 0 aromatic heterocycles. The van der Waals surface area contributed by atoms with Crippen LogP contribution < -0.4 is 0 Å². The first-order chi connectivity index (χ1) is 10.0. The first-order valence-corrected chi connectivity index (χ1v) is 8.02. The van der Waals surface area contributed by atoms with E-state index >= 15 is 0 Å². The Morgan fingerprint density at radius 3 is 2.32 bits per heavy atom. The number of nitrogens with zero attached hydrogens (tertiary/aromatic N) is 2. The molecule has 22 heavy (non-hydrogen) atoms. The molecule has 118 valence electrons. The minimum absolute atomic E-state index is 0.117. The van der Waals surface area contributed by atoms with Crippen LogP contribution in [0.1, 0.15) is 40.2 Å². The number of hydrogen-bond donors (Lipinski definition) is 0. The molecule has 0 spiro atoms. The summed E-state index contributed by atoms with van der Waals surface area (Å²) in [4.78, 5) is 13.0. The molecule has 1 aromatic rings. The molecule has 3 nitrogen and oxygen atoms in total. The number of carbonyl (C=O) groups excluding carboxylic acids is 1. The third-order valence-electron chi connectivity index (χ3n) is 3.83. The fourth-order valence-corrected chi connectivity index (χ4v) is 2.55. The first kappa shape index (κ1) is 17.1. The van der Waals surface area contributed by atoms with Crippen LogP contribution in [-0.4, -0.2) is 28.0 Å². The van der Waals surface area contributed by atoms with Gasteiger partial charge in [-0.15, -0.1) is 0 Å². The Labute approximate surface area is 142 Å². The van der Waals surface area contributed by atoms with Crippen LogP contribution in [0.5, 0.6) is 0 Å². The zero-order valence-electron chi connectivity index (χ0n) is 13.6. The first-order valence-electron chi connectivity index (χ1n) is 7.24. The van der Waals surface area contributed by atoms with Crippen molar-refractivity contribution in [2.24, 2.45) is 15.9 Å². The minimum Gasteiger partial charge on any atom is -0.297 e. The number of hydrogen-bond acceptors (Lipinski definition) is 3. The molecule has 2 rings (SSSR count). The zero-order valence-corrected chi connectivity index (χ0v) is 15.2. The van der Waals surface area contributed by atoms with Gasteiger partial charge in [-0.3, -0.25) is 9.80 Å². The van der Waals surface area contributed by atoms with E-state index in [0.29, 0.717) is 10.0 Å². The number of halogens is 1. The molecule has 0 N–H and O–H groups in total. The van der Waals surface area contributed by atoms with Crippen molar-refractivity contribution in [2.75, 3.05) is 6.54 Å². The van der Waals surface area contributed by atoms with Crippen molar-refractivity contribution >= 4 is 40.3 Å². The number of thiocarbonyl (C=S) groups is 1. The van der Waals surface area contributed by atoms with Crippen LogP contribution in [-0.2, 0) is 4.79 Å². The second-order valence-corrected chi connectivity index (χ2v) is 7.94. The molecule has 0 saturated carbocycles. The van der Waals surface area contributed by atoms with Gasteiger partial charge >= 0.3 is 0 Å². The summed E-state index contributed by atoms with van der Waals surface area (Å²) in [7, 11) is 0. The topological polar surface area (TPSA) is 32.7 Å². The second-order valence-electron chi connectivity index (χ2n) is 7.12. The smallest absolute Gasteiger partial charge is 0.159 e. The molecule has 5 heteroatoms. The minimum atomic E-state index is -0.404. The molecule has 0 unspecified atom stereocenters. The number of benzene rings is 1. The summed E-state index contributed by atoms with van der Waals surface area (Å²) in [6, 6.07) is 7.53. The Hall–Kier alpha value is -1.26. The van der Waals surface area contributed by atoms with Gasteiger partial charge in [-0.2, -0.15) is 5.10 Å². The van der Waals surface area contributed by atoms with E-state index in [1.165, 1.54) is 0 Å². The molecule has 0 radical (unpaired) electrons. The van der Waals surface area contributed by atoms with Crippen molar-refractivity contribution in [3.05, 3.63) is 34.9 Å². The average molecular weight is 337 g/mol. The lowest BCUT2D eigenvalue weighted by molar-refractivity contribution is -0.126. The predicted molar refractivity (Wildman–Crippen MR) is 95.5 cm³/mol. The average Bonchev–Trinajstić information content (AvgIpc) is 2.62. The fraction of sp³-hybridized carbons (Fsp3) is 0.471. The summed E-state index contributed by atoms with van der Waals surface area (Å²) in [5.41, 5.74) is 1.05. The monoisotopic (exact) mass is 336 g/mol. The van der Waals surface area contributed by atoms with Gasteiger partial charge in [0.25, 0.3) is 0 Å². The lowest BCUT2D eigenvalue weighted by Gasteiger charge is -2.24. The van der Waals surface area contributed by atoms with E-state index in [4.69, 9.17) is 23.8 Å². The molecule has 0 atom stereocenters. The van der Waals surface area contributed by atoms with E-state index < -0.39 is 5.41 Å². The Morgan fingerprint density at radius 1 is 1.27 bits per heavy atom. The predicted octanol–water partition coefficient (Wildman–Crippen LogP) is 4.33. The quantitative estimate of drug-likeness (QED) is 0.770. The highest BCUT2D eigenvalue weighted by atomic mass is 35.5. The molecule has 0 bridgehead atoms. The molecule has 1 aromatic carbocycles. The van der Waals surface area contributed by atoms with Crippen molar-refractivity contribution < 1.29 is 4.79 Å². The molecule has 1 aliphatic heterocycles. The van der Waals surface area contributed by atoms with Gasteiger partial charge in [-0.25, -0.2) is 0 Å². The van der Waals surface area contributed by atoms with Crippen LogP contribution >= 0.6 is 23.8 Å². The van der Waals surface area contributed by atoms with Gasteiger partial charge in [0.2, 0.25) is 0 Å². The number of hydrazone groups is 1. The van der Waals surface area contributed by atoms with Gasteiger partial charge < -0.3 is 0 Å². The number of Topliss-reactive ketones (excluding diaryl/α,β-unsaturated/α-hetero) is 1. The van der Waals surface area contributed by atoms with Crippen molar-refractivity contribution in [3.8, 4) is 0 Å². The third kappa shape index (κ3) is 3.23. The maximum atomic E-state index is 12.3. The number of rotatable bonds is 3. The largest absolute Gasteiger partial charge is 0.297 e. The van der Waals surface area contributed by atoms with E-state index in [9.17, 15) is 4.79 Å². The van der Waals surface area contributed by atoms with Crippen LogP contribution in [0, 0.1) is 10.8 Å². The van der Waals surface area contributed by atoms with Gasteiger partial charge in [0.1, 0.15) is 11.5 Å². The van der Waals surface area contributed by atoms with Gasteiger partial charge in [0, 0.05) is 10.4 Å². The molecular formula is C17H21ClN2OS. The Morgan fingerprint density at radius 2 is 1.82 bits per heavy atom. The summed E-state index contributed by atoms with van der Waals surface area (Å²) >= 11 is 11.5. The molecule has 0 amide bonds. The summed E-state index contributed by atoms with van der Waals surface area (Å²) < 4.78 is 0. The Kier molecular flexibility index (Phi) is 4.46. The molecule has 0 saturated heterocycles. The number of carbonyl (C=O) groups is 1. The van der Waals surface area contributed by atoms with Crippen molar-refractivity contribution in [3.63, 3.8) is 0 Å². The second kappa shape index (κ2) is 5.74. The lowest BCUT2D eigenvalue weighted by atomic mass is 9.84. The number of ketones is 1. The molecular weight excluding hydrogens is 316 g/mol. The van der Waals surface area contributed by atoms with Gasteiger partial charge in [0.15, 0.2) is 5.78 Å². The van der Waals surface area contributed by atoms with Crippen molar-refractivity contribution in [1.82, 2.24) is 5.01 Å². The van der Waals surface area contributed by atoms with E-state index in [-0.39, 0.29) is 17.7 Å². The molecule has 1 heterocycles. The molecule has 0 aliphatic carbocycles. The SMILES string of the molecule is CC(C)(C)C(=O)CN1N=C(c2ccc(Cl)cc2)C(C)(C)C1=S. The normalized spacial score (nSPS) is 17.6. The van der Waals surface area contributed by atoms with Crippen LogP contribution in [0.3, 0.4) is 0 Å². The van der Waals surface area contributed by atoms with E-state index in [1.54, 1.807) is 5.01 Å². The Bertz CT molecular complexity index is 642. The van der Waals surface area contributed by atoms with Gasteiger partial charge in [-0.05, 0) is 31.5 Å². The van der Waals surface area contributed by atoms with E-state index in [1.807, 2.05) is 58.9 Å². The maximum Gasteiger partial charge on any atom is 0.159 e. The van der Waals surface area contributed by atoms with Crippen LogP contribution in [0.2, 0.25) is 5.02 Å². The molecule has 1 aliphatic rings. The standard InChI is InChI=1S/C17H21ClN2OS/c1-16(2,3)13(21)10-20-15(22)17(4,5)14(19-20)11-6-8-12(18)9-7-11/h6-9H,10H2,1-5H3. The highest BCUT2D eigenvalue weighted by Crippen LogP contribution is 2.34. The van der Waals surface area contributed by atoms with Gasteiger partial charge in [-0.1, -0.05) is 56.7 Å². The van der Waals surface area contributed by atoms with E-state index in [2.05, 4.69) is 5.10 Å². The maximum absolute atomic E-state index is 12.3. The summed E-state index contributed by atoms with van der Waals surface area (Å²) in [6.07, 6.45) is 0. The highest BCUT2D eigenvalue weighted by molar-refractivity contribution is 7.80. The summed E-state index contributed by atoms with van der Waals surface area (Å²) in [5, 5.41) is 6.96. The van der Waals surface area contributed by atoms with Crippen molar-refractivity contribution in [1.29, 1.82) is 0 Å². The molecule has 0 fully saturated rings. The summed E-state index contributed by atoms with van der Waals surface area (Å²) in [5.74, 6) is 0.117. The zero-order chi connectivity index (χ0) is 16.7. The third-order valence-corrected chi connectivity index (χ3v) is 4.80. The van der Waals surface area contributed by atoms with E-state index in [0.717, 1.165) is 11.3 Å². The van der Waals surface area contributed by atoms with Gasteiger partial charge in [0.05, 0.1) is 11.1 Å². The highest BCUT2D eigenvalue weighted by Gasteiger charge is 2.41. The lowest BCUT2D eigenvalue weighted by Crippen LogP contribution is -2.38. The Balaban J connectivity index is 2.33.